The fraction of sp³-hybridized carbons (Fsp3) is 0.100. The first kappa shape index (κ1) is 17.3. The number of aromatic nitrogens is 3. The van der Waals surface area contributed by atoms with Gasteiger partial charge < -0.3 is 0 Å². The SMILES string of the molecule is N#Cc1ccccc1-n1c(=O)n(CC2=NC=CC(=O)C2)c(=O)c2cccnc21. The van der Waals surface area contributed by atoms with Gasteiger partial charge in [-0.15, -0.1) is 0 Å². The van der Waals surface area contributed by atoms with Crippen LogP contribution in [-0.2, 0) is 11.3 Å². The number of benzene rings is 1. The monoisotopic (exact) mass is 371 g/mol. The number of para-hydroxylation sites is 1. The van der Waals surface area contributed by atoms with Gasteiger partial charge in [0, 0.05) is 18.1 Å². The van der Waals surface area contributed by atoms with Crippen molar-refractivity contribution in [3.8, 4) is 11.8 Å². The first-order valence-electron chi connectivity index (χ1n) is 8.45. The maximum absolute atomic E-state index is 13.2. The van der Waals surface area contributed by atoms with E-state index in [2.05, 4.69) is 16.0 Å². The van der Waals surface area contributed by atoms with E-state index in [1.807, 2.05) is 0 Å². The van der Waals surface area contributed by atoms with Crippen LogP contribution < -0.4 is 11.2 Å². The summed E-state index contributed by atoms with van der Waals surface area (Å²) in [5.41, 5.74) is 0.00373. The lowest BCUT2D eigenvalue weighted by molar-refractivity contribution is -0.113. The van der Waals surface area contributed by atoms with Crippen molar-refractivity contribution in [2.75, 3.05) is 0 Å². The largest absolute Gasteiger partial charge is 0.337 e. The molecule has 0 aliphatic carbocycles. The topological polar surface area (TPSA) is 110 Å². The third kappa shape index (κ3) is 2.85. The van der Waals surface area contributed by atoms with Gasteiger partial charge in [0.25, 0.3) is 5.56 Å². The molecule has 0 bridgehead atoms. The van der Waals surface area contributed by atoms with Crippen molar-refractivity contribution >= 4 is 22.5 Å². The van der Waals surface area contributed by atoms with E-state index in [1.165, 1.54) is 23.0 Å². The number of fused-ring (bicyclic) bond motifs is 1. The highest BCUT2D eigenvalue weighted by atomic mass is 16.2. The molecule has 28 heavy (non-hydrogen) atoms. The molecule has 1 aromatic carbocycles. The lowest BCUT2D eigenvalue weighted by Gasteiger charge is -2.15. The number of hydrogen-bond acceptors (Lipinski definition) is 6. The summed E-state index contributed by atoms with van der Waals surface area (Å²) >= 11 is 0. The van der Waals surface area contributed by atoms with Crippen molar-refractivity contribution in [3.05, 3.63) is 81.3 Å². The molecule has 136 valence electrons. The zero-order valence-corrected chi connectivity index (χ0v) is 14.6. The van der Waals surface area contributed by atoms with Crippen molar-refractivity contribution in [2.24, 2.45) is 4.99 Å². The molecule has 1 aliphatic rings. The fourth-order valence-corrected chi connectivity index (χ4v) is 3.12. The Morgan fingerprint density at radius 1 is 1.11 bits per heavy atom. The van der Waals surface area contributed by atoms with Crippen LogP contribution in [0.15, 0.2) is 69.5 Å². The number of nitriles is 1. The molecule has 0 N–H and O–H groups in total. The number of allylic oxidation sites excluding steroid dienone is 1. The number of hydrogen-bond donors (Lipinski definition) is 0. The summed E-state index contributed by atoms with van der Waals surface area (Å²) in [6, 6.07) is 11.8. The fourth-order valence-electron chi connectivity index (χ4n) is 3.12. The maximum Gasteiger partial charge on any atom is 0.337 e. The Morgan fingerprint density at radius 2 is 1.93 bits per heavy atom. The predicted octanol–water partition coefficient (Wildman–Crippen LogP) is 1.35. The molecule has 3 aromatic rings. The molecule has 8 heteroatoms. The number of ketones is 1. The maximum atomic E-state index is 13.2. The number of rotatable bonds is 3. The van der Waals surface area contributed by atoms with Crippen molar-refractivity contribution in [1.29, 1.82) is 5.26 Å². The second-order valence-electron chi connectivity index (χ2n) is 6.17. The lowest BCUT2D eigenvalue weighted by Crippen LogP contribution is -2.42. The van der Waals surface area contributed by atoms with Gasteiger partial charge in [-0.25, -0.2) is 14.3 Å². The molecule has 4 rings (SSSR count). The van der Waals surface area contributed by atoms with E-state index in [-0.39, 0.29) is 35.3 Å². The third-order valence-electron chi connectivity index (χ3n) is 4.40. The molecule has 0 saturated carbocycles. The predicted molar refractivity (Wildman–Crippen MR) is 103 cm³/mol. The minimum atomic E-state index is -0.649. The molecule has 0 atom stereocenters. The van der Waals surface area contributed by atoms with Crippen LogP contribution in [0, 0.1) is 11.3 Å². The van der Waals surface area contributed by atoms with E-state index >= 15 is 0 Å². The van der Waals surface area contributed by atoms with Crippen LogP contribution in [-0.4, -0.2) is 25.6 Å². The van der Waals surface area contributed by atoms with Crippen LogP contribution in [0.25, 0.3) is 16.7 Å². The highest BCUT2D eigenvalue weighted by Crippen LogP contribution is 2.16. The van der Waals surface area contributed by atoms with Crippen molar-refractivity contribution in [1.82, 2.24) is 14.1 Å². The first-order chi connectivity index (χ1) is 13.6. The Morgan fingerprint density at radius 3 is 2.71 bits per heavy atom. The molecule has 8 nitrogen and oxygen atoms in total. The highest BCUT2D eigenvalue weighted by molar-refractivity contribution is 6.08. The number of nitrogens with zero attached hydrogens (tertiary/aromatic N) is 5. The van der Waals surface area contributed by atoms with Crippen molar-refractivity contribution < 1.29 is 4.79 Å². The van der Waals surface area contributed by atoms with Crippen molar-refractivity contribution in [2.45, 2.75) is 13.0 Å². The van der Waals surface area contributed by atoms with E-state index in [0.29, 0.717) is 11.4 Å². The quantitative estimate of drug-likeness (QED) is 0.690. The Hall–Kier alpha value is -4.12. The van der Waals surface area contributed by atoms with Gasteiger partial charge in [-0.3, -0.25) is 19.1 Å². The minimum absolute atomic E-state index is 0.0439. The Labute approximate surface area is 158 Å². The van der Waals surface area contributed by atoms with Gasteiger partial charge in [0.15, 0.2) is 11.4 Å². The van der Waals surface area contributed by atoms with E-state index in [0.717, 1.165) is 4.57 Å². The zero-order valence-electron chi connectivity index (χ0n) is 14.6. The molecule has 0 spiro atoms. The number of carbonyl (C=O) groups is 1. The Balaban J connectivity index is 2.03. The highest BCUT2D eigenvalue weighted by Gasteiger charge is 2.19. The second-order valence-corrected chi connectivity index (χ2v) is 6.17. The standard InChI is InChI=1S/C20H13N5O3/c21-11-13-4-1-2-6-17(13)25-18-16(5-3-8-23-18)19(27)24(20(25)28)12-14-10-15(26)7-9-22-14/h1-9H,10,12H2. The van der Waals surface area contributed by atoms with E-state index in [9.17, 15) is 19.6 Å². The number of carbonyl (C=O) groups excluding carboxylic acids is 1. The molecule has 2 aromatic heterocycles. The van der Waals surface area contributed by atoms with Gasteiger partial charge in [0.1, 0.15) is 6.07 Å². The van der Waals surface area contributed by atoms with Crippen LogP contribution in [0.2, 0.25) is 0 Å². The van der Waals surface area contributed by atoms with Gasteiger partial charge in [-0.2, -0.15) is 5.26 Å². The average molecular weight is 371 g/mol. The molecule has 0 radical (unpaired) electrons. The lowest BCUT2D eigenvalue weighted by atomic mass is 10.1. The van der Waals surface area contributed by atoms with E-state index < -0.39 is 11.2 Å². The Kier molecular flexibility index (Phi) is 4.26. The first-order valence-corrected chi connectivity index (χ1v) is 8.45. The van der Waals surface area contributed by atoms with E-state index in [1.54, 1.807) is 36.4 Å². The second kappa shape index (κ2) is 6.89. The summed E-state index contributed by atoms with van der Waals surface area (Å²) in [5.74, 6) is -0.143. The van der Waals surface area contributed by atoms with Gasteiger partial charge in [-0.05, 0) is 30.3 Å². The molecule has 0 fully saturated rings. The number of aliphatic imine (C=N–C) groups is 1. The average Bonchev–Trinajstić information content (AvgIpc) is 2.72. The molecular formula is C20H13N5O3. The minimum Gasteiger partial charge on any atom is -0.294 e. The summed E-state index contributed by atoms with van der Waals surface area (Å²) in [4.78, 5) is 46.1. The smallest absolute Gasteiger partial charge is 0.294 e. The van der Waals surface area contributed by atoms with Gasteiger partial charge in [0.05, 0.1) is 29.6 Å². The normalized spacial score (nSPS) is 13.4. The molecule has 3 heterocycles. The van der Waals surface area contributed by atoms with Crippen molar-refractivity contribution in [3.63, 3.8) is 0 Å². The molecule has 0 amide bonds. The van der Waals surface area contributed by atoms with Crippen LogP contribution in [0.5, 0.6) is 0 Å². The summed E-state index contributed by atoms with van der Waals surface area (Å²) in [5, 5.41) is 9.67. The summed E-state index contributed by atoms with van der Waals surface area (Å²) in [6.45, 7) is -0.118. The third-order valence-corrected chi connectivity index (χ3v) is 4.40. The molecule has 1 aliphatic heterocycles. The molecular weight excluding hydrogens is 358 g/mol. The molecule has 0 saturated heterocycles. The number of pyridine rings is 1. The van der Waals surface area contributed by atoms with Gasteiger partial charge >= 0.3 is 5.69 Å². The summed E-state index contributed by atoms with van der Waals surface area (Å²) in [7, 11) is 0. The zero-order chi connectivity index (χ0) is 19.7. The summed E-state index contributed by atoms with van der Waals surface area (Å²) < 4.78 is 2.26. The Bertz CT molecular complexity index is 1340. The summed E-state index contributed by atoms with van der Waals surface area (Å²) in [6.07, 6.45) is 4.23. The van der Waals surface area contributed by atoms with Gasteiger partial charge in [0.2, 0.25) is 0 Å². The van der Waals surface area contributed by atoms with Crippen LogP contribution in [0.1, 0.15) is 12.0 Å². The van der Waals surface area contributed by atoms with Crippen LogP contribution in [0.4, 0.5) is 0 Å². The van der Waals surface area contributed by atoms with Crippen LogP contribution >= 0.6 is 0 Å². The van der Waals surface area contributed by atoms with Gasteiger partial charge in [-0.1, -0.05) is 12.1 Å². The molecule has 0 unspecified atom stereocenters. The van der Waals surface area contributed by atoms with E-state index in [4.69, 9.17) is 0 Å². The van der Waals surface area contributed by atoms with Crippen LogP contribution in [0.3, 0.4) is 0 Å².